The second-order valence-corrected chi connectivity index (χ2v) is 5.17. The van der Waals surface area contributed by atoms with Crippen LogP contribution in [0.1, 0.15) is 35.2 Å². The molecule has 1 aliphatic carbocycles. The van der Waals surface area contributed by atoms with Crippen LogP contribution < -0.4 is 11.3 Å². The number of amides is 1. The molecule has 0 aliphatic heterocycles. The number of carbonyl (C=O) groups excluding carboxylic acids is 1. The second-order valence-electron chi connectivity index (χ2n) is 5.17. The summed E-state index contributed by atoms with van der Waals surface area (Å²) in [5, 5.41) is 0. The minimum absolute atomic E-state index is 0.238. The monoisotopic (exact) mass is 247 g/mol. The van der Waals surface area contributed by atoms with Crippen LogP contribution in [0.3, 0.4) is 0 Å². The molecule has 0 spiro atoms. The van der Waals surface area contributed by atoms with Gasteiger partial charge in [0.25, 0.3) is 5.91 Å². The maximum Gasteiger partial charge on any atom is 0.265 e. The molecular weight excluding hydrogens is 226 g/mol. The minimum Gasteiger partial charge on any atom is -0.302 e. The van der Waals surface area contributed by atoms with Crippen molar-refractivity contribution in [2.24, 2.45) is 11.8 Å². The molecule has 0 radical (unpaired) electrons. The van der Waals surface area contributed by atoms with E-state index in [4.69, 9.17) is 5.84 Å². The van der Waals surface area contributed by atoms with Gasteiger partial charge in [0, 0.05) is 18.7 Å². The van der Waals surface area contributed by atoms with Gasteiger partial charge in [-0.05, 0) is 43.5 Å². The van der Waals surface area contributed by atoms with Crippen LogP contribution in [0.2, 0.25) is 0 Å². The molecule has 1 aromatic rings. The molecule has 0 atom stereocenters. The first-order valence-corrected chi connectivity index (χ1v) is 6.47. The Kier molecular flexibility index (Phi) is 4.33. The van der Waals surface area contributed by atoms with E-state index >= 15 is 0 Å². The predicted octanol–water partition coefficient (Wildman–Crippen LogP) is 1.52. The van der Waals surface area contributed by atoms with Gasteiger partial charge in [-0.1, -0.05) is 18.6 Å². The van der Waals surface area contributed by atoms with E-state index in [1.807, 2.05) is 18.2 Å². The summed E-state index contributed by atoms with van der Waals surface area (Å²) in [6.45, 7) is 2.02. The van der Waals surface area contributed by atoms with Gasteiger partial charge in [-0.25, -0.2) is 5.84 Å². The number of rotatable bonds is 5. The van der Waals surface area contributed by atoms with Crippen molar-refractivity contribution in [1.82, 2.24) is 10.3 Å². The molecule has 0 unspecified atom stereocenters. The quantitative estimate of drug-likeness (QED) is 0.471. The number of hydrogen-bond donors (Lipinski definition) is 2. The summed E-state index contributed by atoms with van der Waals surface area (Å²) in [5.74, 6) is 5.77. The van der Waals surface area contributed by atoms with Crippen LogP contribution in [-0.2, 0) is 6.54 Å². The van der Waals surface area contributed by atoms with Crippen molar-refractivity contribution >= 4 is 5.91 Å². The van der Waals surface area contributed by atoms with Crippen LogP contribution in [0.4, 0.5) is 0 Å². The Balaban J connectivity index is 1.93. The molecule has 0 bridgehead atoms. The van der Waals surface area contributed by atoms with Crippen molar-refractivity contribution in [3.8, 4) is 0 Å². The molecule has 1 saturated carbocycles. The molecule has 1 aromatic carbocycles. The van der Waals surface area contributed by atoms with Gasteiger partial charge in [0.15, 0.2) is 0 Å². The molecule has 1 aliphatic rings. The summed E-state index contributed by atoms with van der Waals surface area (Å²) in [5.41, 5.74) is 3.93. The zero-order chi connectivity index (χ0) is 13.0. The lowest BCUT2D eigenvalue weighted by atomic mass is 9.85. The standard InChI is InChI=1S/C14H21N3O/c1-17(9-11-4-2-5-11)10-12-6-3-7-13(8-12)14(18)16-15/h3,6-8,11H,2,4-5,9-10,15H2,1H3,(H,16,18). The maximum absolute atomic E-state index is 11.4. The summed E-state index contributed by atoms with van der Waals surface area (Å²) in [7, 11) is 2.13. The molecule has 98 valence electrons. The Morgan fingerprint density at radius 2 is 2.28 bits per heavy atom. The molecule has 2 rings (SSSR count). The van der Waals surface area contributed by atoms with Gasteiger partial charge in [-0.3, -0.25) is 10.2 Å². The van der Waals surface area contributed by atoms with Crippen LogP contribution in [0.25, 0.3) is 0 Å². The molecule has 0 saturated heterocycles. The normalized spacial score (nSPS) is 15.5. The predicted molar refractivity (Wildman–Crippen MR) is 71.8 cm³/mol. The van der Waals surface area contributed by atoms with E-state index in [-0.39, 0.29) is 5.91 Å². The van der Waals surface area contributed by atoms with E-state index in [9.17, 15) is 4.79 Å². The van der Waals surface area contributed by atoms with E-state index in [2.05, 4.69) is 17.4 Å². The van der Waals surface area contributed by atoms with E-state index in [1.54, 1.807) is 6.07 Å². The van der Waals surface area contributed by atoms with Gasteiger partial charge < -0.3 is 4.90 Å². The Bertz CT molecular complexity index is 415. The number of hydrazine groups is 1. The fraction of sp³-hybridized carbons (Fsp3) is 0.500. The topological polar surface area (TPSA) is 58.4 Å². The van der Waals surface area contributed by atoms with Crippen molar-refractivity contribution < 1.29 is 4.79 Å². The SMILES string of the molecule is CN(Cc1cccc(C(=O)NN)c1)CC1CCC1. The first-order valence-electron chi connectivity index (χ1n) is 6.47. The van der Waals surface area contributed by atoms with E-state index in [0.717, 1.165) is 24.6 Å². The third-order valence-electron chi connectivity index (χ3n) is 3.57. The van der Waals surface area contributed by atoms with Gasteiger partial charge in [-0.2, -0.15) is 0 Å². The Morgan fingerprint density at radius 1 is 1.50 bits per heavy atom. The van der Waals surface area contributed by atoms with Gasteiger partial charge in [0.2, 0.25) is 0 Å². The van der Waals surface area contributed by atoms with Crippen molar-refractivity contribution in [1.29, 1.82) is 0 Å². The molecule has 3 N–H and O–H groups in total. The second kappa shape index (κ2) is 5.98. The molecule has 4 heteroatoms. The van der Waals surface area contributed by atoms with Crippen molar-refractivity contribution in [2.45, 2.75) is 25.8 Å². The van der Waals surface area contributed by atoms with Gasteiger partial charge in [0.05, 0.1) is 0 Å². The average molecular weight is 247 g/mol. The average Bonchev–Trinajstić information content (AvgIpc) is 2.33. The van der Waals surface area contributed by atoms with E-state index in [0.29, 0.717) is 5.56 Å². The zero-order valence-corrected chi connectivity index (χ0v) is 10.9. The lowest BCUT2D eigenvalue weighted by molar-refractivity contribution is 0.0953. The number of benzene rings is 1. The highest BCUT2D eigenvalue weighted by Crippen LogP contribution is 2.27. The summed E-state index contributed by atoms with van der Waals surface area (Å²) >= 11 is 0. The number of hydrogen-bond acceptors (Lipinski definition) is 3. The van der Waals surface area contributed by atoms with Crippen molar-refractivity contribution in [3.05, 3.63) is 35.4 Å². The smallest absolute Gasteiger partial charge is 0.265 e. The van der Waals surface area contributed by atoms with Crippen LogP contribution >= 0.6 is 0 Å². The Morgan fingerprint density at radius 3 is 2.89 bits per heavy atom. The molecule has 18 heavy (non-hydrogen) atoms. The zero-order valence-electron chi connectivity index (χ0n) is 10.9. The Labute approximate surface area is 108 Å². The number of nitrogens with one attached hydrogen (secondary N) is 1. The molecule has 1 fully saturated rings. The fourth-order valence-corrected chi connectivity index (χ4v) is 2.39. The largest absolute Gasteiger partial charge is 0.302 e. The first kappa shape index (κ1) is 13.1. The molecule has 1 amide bonds. The van der Waals surface area contributed by atoms with Gasteiger partial charge in [-0.15, -0.1) is 0 Å². The number of carbonyl (C=O) groups is 1. The van der Waals surface area contributed by atoms with Crippen molar-refractivity contribution in [2.75, 3.05) is 13.6 Å². The highest BCUT2D eigenvalue weighted by molar-refractivity contribution is 5.93. The highest BCUT2D eigenvalue weighted by atomic mass is 16.2. The number of nitrogens with two attached hydrogens (primary N) is 1. The lowest BCUT2D eigenvalue weighted by Gasteiger charge is -2.30. The summed E-state index contributed by atoms with van der Waals surface area (Å²) in [6.07, 6.45) is 4.10. The lowest BCUT2D eigenvalue weighted by Crippen LogP contribution is -2.30. The van der Waals surface area contributed by atoms with Crippen LogP contribution in [0, 0.1) is 5.92 Å². The van der Waals surface area contributed by atoms with Crippen LogP contribution in [-0.4, -0.2) is 24.4 Å². The molecule has 4 nitrogen and oxygen atoms in total. The number of nitrogens with zero attached hydrogens (tertiary/aromatic N) is 1. The molecule has 0 aromatic heterocycles. The summed E-state index contributed by atoms with van der Waals surface area (Å²) in [6, 6.07) is 7.62. The Hall–Kier alpha value is -1.39. The summed E-state index contributed by atoms with van der Waals surface area (Å²) < 4.78 is 0. The van der Waals surface area contributed by atoms with Gasteiger partial charge >= 0.3 is 0 Å². The highest BCUT2D eigenvalue weighted by Gasteiger charge is 2.19. The van der Waals surface area contributed by atoms with E-state index in [1.165, 1.54) is 19.3 Å². The fourth-order valence-electron chi connectivity index (χ4n) is 2.39. The van der Waals surface area contributed by atoms with Gasteiger partial charge in [0.1, 0.15) is 0 Å². The third kappa shape index (κ3) is 3.31. The maximum atomic E-state index is 11.4. The molecular formula is C14H21N3O. The van der Waals surface area contributed by atoms with Crippen LogP contribution in [0.5, 0.6) is 0 Å². The summed E-state index contributed by atoms with van der Waals surface area (Å²) in [4.78, 5) is 13.8. The molecule has 0 heterocycles. The third-order valence-corrected chi connectivity index (χ3v) is 3.57. The van der Waals surface area contributed by atoms with Crippen LogP contribution in [0.15, 0.2) is 24.3 Å². The first-order chi connectivity index (χ1) is 8.69. The minimum atomic E-state index is -0.238. The number of nitrogen functional groups attached to an aromatic ring is 1. The van der Waals surface area contributed by atoms with E-state index < -0.39 is 0 Å². The van der Waals surface area contributed by atoms with Crippen molar-refractivity contribution in [3.63, 3.8) is 0 Å².